The van der Waals surface area contributed by atoms with Crippen LogP contribution in [0.1, 0.15) is 5.56 Å². The molecule has 0 N–H and O–H groups in total. The van der Waals surface area contributed by atoms with E-state index in [1.807, 2.05) is 25.4 Å². The van der Waals surface area contributed by atoms with Crippen LogP contribution >= 0.6 is 11.6 Å². The molecule has 0 atom stereocenters. The maximum absolute atomic E-state index is 5.70. The van der Waals surface area contributed by atoms with E-state index in [-0.39, 0.29) is 0 Å². The topological polar surface area (TPSA) is 25.8 Å². The fourth-order valence-corrected chi connectivity index (χ4v) is 1.37. The van der Waals surface area contributed by atoms with E-state index >= 15 is 0 Å². The first kappa shape index (κ1) is 9.16. The molecule has 0 radical (unpaired) electrons. The van der Waals surface area contributed by atoms with E-state index in [9.17, 15) is 0 Å². The first-order chi connectivity index (χ1) is 6.75. The third kappa shape index (κ3) is 1.91. The van der Waals surface area contributed by atoms with Gasteiger partial charge in [-0.3, -0.25) is 4.98 Å². The Morgan fingerprint density at radius 3 is 2.57 bits per heavy atom. The molecule has 2 aromatic heterocycles. The Balaban J connectivity index is 2.44. The van der Waals surface area contributed by atoms with Crippen LogP contribution < -0.4 is 0 Å². The van der Waals surface area contributed by atoms with Crippen LogP contribution in [0.5, 0.6) is 0 Å². The first-order valence-corrected chi connectivity index (χ1v) is 4.67. The molecule has 0 aliphatic heterocycles. The largest absolute Gasteiger partial charge is 0.264 e. The summed E-state index contributed by atoms with van der Waals surface area (Å²) < 4.78 is 0. The summed E-state index contributed by atoms with van der Waals surface area (Å²) in [5, 5.41) is 0.509. The van der Waals surface area contributed by atoms with Crippen LogP contribution in [0, 0.1) is 6.92 Å². The second-order valence-electron chi connectivity index (χ2n) is 3.12. The average molecular weight is 205 g/mol. The van der Waals surface area contributed by atoms with Gasteiger partial charge < -0.3 is 0 Å². The fraction of sp³-hybridized carbons (Fsp3) is 0.0909. The second kappa shape index (κ2) is 3.76. The predicted octanol–water partition coefficient (Wildman–Crippen LogP) is 3.11. The molecule has 0 unspecified atom stereocenters. The summed E-state index contributed by atoms with van der Waals surface area (Å²) in [5.74, 6) is 0. The number of aromatic nitrogens is 2. The molecule has 14 heavy (non-hydrogen) atoms. The van der Waals surface area contributed by atoms with Gasteiger partial charge in [0.25, 0.3) is 0 Å². The van der Waals surface area contributed by atoms with Gasteiger partial charge in [-0.15, -0.1) is 0 Å². The lowest BCUT2D eigenvalue weighted by molar-refractivity contribution is 1.26. The van der Waals surface area contributed by atoms with Gasteiger partial charge in [-0.25, -0.2) is 4.98 Å². The minimum atomic E-state index is 0.509. The van der Waals surface area contributed by atoms with Crippen molar-refractivity contribution in [2.45, 2.75) is 6.92 Å². The Morgan fingerprint density at radius 1 is 1.07 bits per heavy atom. The van der Waals surface area contributed by atoms with E-state index < -0.39 is 0 Å². The molecule has 0 saturated carbocycles. The molecule has 2 nitrogen and oxygen atoms in total. The molecular weight excluding hydrogens is 196 g/mol. The highest BCUT2D eigenvalue weighted by Gasteiger charge is 1.98. The zero-order chi connectivity index (χ0) is 9.97. The van der Waals surface area contributed by atoms with Crippen molar-refractivity contribution in [2.24, 2.45) is 0 Å². The lowest BCUT2D eigenvalue weighted by Crippen LogP contribution is -1.83. The normalized spacial score (nSPS) is 10.1. The molecule has 0 bridgehead atoms. The van der Waals surface area contributed by atoms with Crippen molar-refractivity contribution in [1.82, 2.24) is 9.97 Å². The number of halogens is 1. The highest BCUT2D eigenvalue weighted by Crippen LogP contribution is 2.19. The van der Waals surface area contributed by atoms with Crippen LogP contribution in [0.2, 0.25) is 5.15 Å². The van der Waals surface area contributed by atoms with Crippen molar-refractivity contribution >= 4 is 11.6 Å². The quantitative estimate of drug-likeness (QED) is 0.667. The molecule has 3 heteroatoms. The highest BCUT2D eigenvalue weighted by atomic mass is 35.5. The summed E-state index contributed by atoms with van der Waals surface area (Å²) in [6, 6.07) is 5.78. The number of aryl methyl sites for hydroxylation is 1. The van der Waals surface area contributed by atoms with Gasteiger partial charge in [-0.1, -0.05) is 11.6 Å². The van der Waals surface area contributed by atoms with Crippen LogP contribution in [0.25, 0.3) is 11.1 Å². The third-order valence-electron chi connectivity index (χ3n) is 1.94. The smallest absolute Gasteiger partial charge is 0.129 e. The van der Waals surface area contributed by atoms with Gasteiger partial charge in [0, 0.05) is 29.7 Å². The van der Waals surface area contributed by atoms with E-state index in [1.165, 1.54) is 0 Å². The molecule has 0 amide bonds. The SMILES string of the molecule is Cc1cncc(-c2ccc(Cl)nc2)c1. The Morgan fingerprint density at radius 2 is 1.93 bits per heavy atom. The molecule has 0 aliphatic carbocycles. The average Bonchev–Trinajstić information content (AvgIpc) is 2.19. The van der Waals surface area contributed by atoms with Gasteiger partial charge in [0.1, 0.15) is 5.15 Å². The summed E-state index contributed by atoms with van der Waals surface area (Å²) in [6.07, 6.45) is 5.39. The molecule has 0 spiro atoms. The maximum atomic E-state index is 5.70. The third-order valence-corrected chi connectivity index (χ3v) is 2.16. The molecule has 0 aliphatic rings. The van der Waals surface area contributed by atoms with E-state index in [0.29, 0.717) is 5.15 Å². The van der Waals surface area contributed by atoms with Crippen LogP contribution in [0.3, 0.4) is 0 Å². The van der Waals surface area contributed by atoms with Gasteiger partial charge in [0.15, 0.2) is 0 Å². The van der Waals surface area contributed by atoms with Crippen molar-refractivity contribution in [3.63, 3.8) is 0 Å². The summed E-state index contributed by atoms with van der Waals surface area (Å²) in [5.41, 5.74) is 3.23. The minimum Gasteiger partial charge on any atom is -0.264 e. The predicted molar refractivity (Wildman–Crippen MR) is 57.2 cm³/mol. The number of nitrogens with zero attached hydrogens (tertiary/aromatic N) is 2. The van der Waals surface area contributed by atoms with Crippen molar-refractivity contribution in [3.05, 3.63) is 47.5 Å². The van der Waals surface area contributed by atoms with Crippen LogP contribution in [0.15, 0.2) is 36.8 Å². The summed E-state index contributed by atoms with van der Waals surface area (Å²) in [7, 11) is 0. The van der Waals surface area contributed by atoms with Gasteiger partial charge in [-0.2, -0.15) is 0 Å². The first-order valence-electron chi connectivity index (χ1n) is 4.29. The van der Waals surface area contributed by atoms with E-state index in [0.717, 1.165) is 16.7 Å². The summed E-state index contributed by atoms with van der Waals surface area (Å²) >= 11 is 5.70. The molecule has 2 heterocycles. The van der Waals surface area contributed by atoms with Crippen molar-refractivity contribution in [1.29, 1.82) is 0 Å². The molecular formula is C11H9ClN2. The summed E-state index contributed by atoms with van der Waals surface area (Å²) in [6.45, 7) is 2.01. The van der Waals surface area contributed by atoms with Crippen LogP contribution in [-0.2, 0) is 0 Å². The zero-order valence-corrected chi connectivity index (χ0v) is 8.49. The standard InChI is InChI=1S/C11H9ClN2/c1-8-4-10(6-13-5-8)9-2-3-11(12)14-7-9/h2-7H,1H3. The van der Waals surface area contributed by atoms with E-state index in [2.05, 4.69) is 16.0 Å². The fourth-order valence-electron chi connectivity index (χ4n) is 1.26. The lowest BCUT2D eigenvalue weighted by Gasteiger charge is -2.01. The number of hydrogen-bond donors (Lipinski definition) is 0. The molecule has 2 rings (SSSR count). The zero-order valence-electron chi connectivity index (χ0n) is 7.74. The lowest BCUT2D eigenvalue weighted by atomic mass is 10.1. The van der Waals surface area contributed by atoms with Gasteiger partial charge in [0.05, 0.1) is 0 Å². The number of rotatable bonds is 1. The second-order valence-corrected chi connectivity index (χ2v) is 3.51. The van der Waals surface area contributed by atoms with Gasteiger partial charge >= 0.3 is 0 Å². The Kier molecular flexibility index (Phi) is 2.46. The van der Waals surface area contributed by atoms with Crippen molar-refractivity contribution in [2.75, 3.05) is 0 Å². The molecule has 0 saturated heterocycles. The van der Waals surface area contributed by atoms with Gasteiger partial charge in [0.2, 0.25) is 0 Å². The Hall–Kier alpha value is -1.41. The number of hydrogen-bond acceptors (Lipinski definition) is 2. The molecule has 0 aromatic carbocycles. The Labute approximate surface area is 87.6 Å². The summed E-state index contributed by atoms with van der Waals surface area (Å²) in [4.78, 5) is 8.15. The molecule has 70 valence electrons. The van der Waals surface area contributed by atoms with E-state index in [4.69, 9.17) is 11.6 Å². The van der Waals surface area contributed by atoms with Crippen LogP contribution in [0.4, 0.5) is 0 Å². The molecule has 0 fully saturated rings. The molecule has 2 aromatic rings. The monoisotopic (exact) mass is 204 g/mol. The van der Waals surface area contributed by atoms with Crippen LogP contribution in [-0.4, -0.2) is 9.97 Å². The minimum absolute atomic E-state index is 0.509. The Bertz CT molecular complexity index is 437. The van der Waals surface area contributed by atoms with Crippen molar-refractivity contribution in [3.8, 4) is 11.1 Å². The van der Waals surface area contributed by atoms with E-state index in [1.54, 1.807) is 12.3 Å². The highest BCUT2D eigenvalue weighted by molar-refractivity contribution is 6.29. The maximum Gasteiger partial charge on any atom is 0.129 e. The number of pyridine rings is 2. The van der Waals surface area contributed by atoms with Crippen molar-refractivity contribution < 1.29 is 0 Å². The van der Waals surface area contributed by atoms with Gasteiger partial charge in [-0.05, 0) is 30.7 Å².